The minimum Gasteiger partial charge on any atom is -0.507 e. The number of hydrogen-bond donors (Lipinski definition) is 2. The van der Waals surface area contributed by atoms with Crippen molar-refractivity contribution in [1.29, 1.82) is 0 Å². The van der Waals surface area contributed by atoms with E-state index in [0.29, 0.717) is 17.7 Å². The number of carbonyl (C=O) groups excluding carboxylic acids is 1. The minimum atomic E-state index is -0.481. The molecule has 1 aromatic carbocycles. The molecule has 4 heteroatoms. The number of phenolic OH excluding ortho intramolecular Hbond substituents is 1. The quantitative estimate of drug-likeness (QED) is 0.353. The van der Waals surface area contributed by atoms with Crippen molar-refractivity contribution in [3.63, 3.8) is 0 Å². The van der Waals surface area contributed by atoms with Crippen LogP contribution in [0.2, 0.25) is 0 Å². The molecule has 0 radical (unpaired) electrons. The summed E-state index contributed by atoms with van der Waals surface area (Å²) in [7, 11) is 0. The Morgan fingerprint density at radius 1 is 1.30 bits per heavy atom. The maximum atomic E-state index is 15.0. The molecule has 0 spiro atoms. The summed E-state index contributed by atoms with van der Waals surface area (Å²) in [4.78, 5) is 12.2. The van der Waals surface area contributed by atoms with Gasteiger partial charge in [-0.3, -0.25) is 4.79 Å². The maximum Gasteiger partial charge on any atom is 0.251 e. The summed E-state index contributed by atoms with van der Waals surface area (Å²) >= 11 is 0. The summed E-state index contributed by atoms with van der Waals surface area (Å²) in [5.74, 6) is -0.962. The maximum absolute atomic E-state index is 15.0. The molecule has 2 N–H and O–H groups in total. The Kier molecular flexibility index (Phi) is 8.45. The molecule has 0 saturated heterocycles. The summed E-state index contributed by atoms with van der Waals surface area (Å²) in [6, 6.07) is 4.35. The molecule has 164 valence electrons. The van der Waals surface area contributed by atoms with E-state index in [1.54, 1.807) is 19.1 Å². The van der Waals surface area contributed by atoms with Crippen molar-refractivity contribution in [2.75, 3.05) is 6.54 Å². The molecule has 1 aromatic rings. The zero-order valence-corrected chi connectivity index (χ0v) is 19.1. The summed E-state index contributed by atoms with van der Waals surface area (Å²) < 4.78 is 15.0. The second kappa shape index (κ2) is 10.6. The Balaban J connectivity index is 2.18. The van der Waals surface area contributed by atoms with Crippen molar-refractivity contribution in [3.8, 4) is 5.75 Å². The van der Waals surface area contributed by atoms with E-state index in [0.717, 1.165) is 32.1 Å². The lowest BCUT2D eigenvalue weighted by Gasteiger charge is -2.33. The van der Waals surface area contributed by atoms with Crippen molar-refractivity contribution < 1.29 is 14.3 Å². The Bertz CT molecular complexity index is 862. The molecule has 0 saturated carbocycles. The van der Waals surface area contributed by atoms with Gasteiger partial charge in [0.1, 0.15) is 11.6 Å². The number of phenols is 1. The summed E-state index contributed by atoms with van der Waals surface area (Å²) in [5, 5.41) is 13.2. The molecule has 0 heterocycles. The molecule has 0 bridgehead atoms. The highest BCUT2D eigenvalue weighted by Gasteiger charge is 2.26. The van der Waals surface area contributed by atoms with Crippen molar-refractivity contribution in [2.24, 2.45) is 5.41 Å². The third kappa shape index (κ3) is 6.07. The van der Waals surface area contributed by atoms with Crippen molar-refractivity contribution in [1.82, 2.24) is 5.32 Å². The number of nitrogens with one attached hydrogen (secondary N) is 1. The molecular formula is C26H36FNO2. The molecular weight excluding hydrogens is 377 g/mol. The third-order valence-corrected chi connectivity index (χ3v) is 5.95. The van der Waals surface area contributed by atoms with Crippen molar-refractivity contribution in [2.45, 2.75) is 73.1 Å². The van der Waals surface area contributed by atoms with Gasteiger partial charge >= 0.3 is 0 Å². The number of unbranched alkanes of at least 4 members (excludes halogenated alkanes) is 2. The van der Waals surface area contributed by atoms with Crippen LogP contribution in [-0.2, 0) is 0 Å². The van der Waals surface area contributed by atoms with Crippen LogP contribution in [0.25, 0.3) is 5.83 Å². The van der Waals surface area contributed by atoms with Crippen LogP contribution < -0.4 is 5.32 Å². The Labute approximate surface area is 180 Å². The van der Waals surface area contributed by atoms with Gasteiger partial charge in [-0.25, -0.2) is 4.39 Å². The van der Waals surface area contributed by atoms with E-state index in [9.17, 15) is 9.90 Å². The van der Waals surface area contributed by atoms with Gasteiger partial charge in [-0.1, -0.05) is 51.3 Å². The van der Waals surface area contributed by atoms with Gasteiger partial charge in [-0.05, 0) is 74.3 Å². The molecule has 0 atom stereocenters. The predicted molar refractivity (Wildman–Crippen MR) is 123 cm³/mol. The second-order valence-electron chi connectivity index (χ2n) is 8.96. The van der Waals surface area contributed by atoms with E-state index in [2.05, 4.69) is 33.0 Å². The largest absolute Gasteiger partial charge is 0.507 e. The first-order chi connectivity index (χ1) is 14.2. The molecule has 1 aliphatic rings. The van der Waals surface area contributed by atoms with Crippen LogP contribution in [0, 0.1) is 5.41 Å². The highest BCUT2D eigenvalue weighted by Crippen LogP contribution is 2.41. The lowest BCUT2D eigenvalue weighted by atomic mass is 9.72. The monoisotopic (exact) mass is 413 g/mol. The van der Waals surface area contributed by atoms with Gasteiger partial charge in [-0.15, -0.1) is 0 Å². The number of amides is 1. The van der Waals surface area contributed by atoms with Gasteiger partial charge in [0, 0.05) is 12.1 Å². The van der Waals surface area contributed by atoms with Crippen molar-refractivity contribution >= 4 is 11.7 Å². The number of aromatic hydroxyl groups is 1. The SMILES string of the molecule is CCCCCNC(=O)c1ccc(/C(F)=C(C)/C=C/C2=C(C)CCCC2(C)C)c(O)c1. The highest BCUT2D eigenvalue weighted by atomic mass is 19.1. The highest BCUT2D eigenvalue weighted by molar-refractivity contribution is 5.95. The molecule has 1 aliphatic carbocycles. The number of benzene rings is 1. The van der Waals surface area contributed by atoms with Gasteiger partial charge in [0.15, 0.2) is 0 Å². The second-order valence-corrected chi connectivity index (χ2v) is 8.96. The summed E-state index contributed by atoms with van der Waals surface area (Å²) in [6.07, 6.45) is 10.2. The molecule has 1 amide bonds. The standard InChI is InChI=1S/C26H36FNO2/c1-6-7-8-16-28-25(30)20-12-13-21(23(29)17-20)24(27)19(3)11-14-22-18(2)10-9-15-26(22,4)5/h11-14,17,29H,6-10,15-16H2,1-5H3,(H,28,30)/b14-11+,24-19-. The average molecular weight is 414 g/mol. The van der Waals surface area contributed by atoms with Crippen molar-refractivity contribution in [3.05, 3.63) is 58.2 Å². The van der Waals surface area contributed by atoms with Crippen LogP contribution in [0.4, 0.5) is 4.39 Å². The van der Waals surface area contributed by atoms with Gasteiger partial charge in [-0.2, -0.15) is 0 Å². The summed E-state index contributed by atoms with van der Waals surface area (Å²) in [6.45, 7) is 11.0. The lowest BCUT2D eigenvalue weighted by molar-refractivity contribution is 0.0952. The zero-order chi connectivity index (χ0) is 22.3. The Morgan fingerprint density at radius 2 is 2.03 bits per heavy atom. The number of allylic oxidation sites excluding steroid dienone is 5. The van der Waals surface area contributed by atoms with E-state index >= 15 is 4.39 Å². The molecule has 0 aliphatic heterocycles. The van der Waals surface area contributed by atoms with E-state index in [-0.39, 0.29) is 22.6 Å². The molecule has 3 nitrogen and oxygen atoms in total. The number of rotatable bonds is 8. The first-order valence-corrected chi connectivity index (χ1v) is 11.0. The fourth-order valence-corrected chi connectivity index (χ4v) is 4.04. The van der Waals surface area contributed by atoms with Crippen LogP contribution in [0.3, 0.4) is 0 Å². The van der Waals surface area contributed by atoms with Crippen LogP contribution in [0.5, 0.6) is 5.75 Å². The molecule has 0 fully saturated rings. The van der Waals surface area contributed by atoms with Crippen LogP contribution in [-0.4, -0.2) is 17.6 Å². The number of carbonyl (C=O) groups is 1. The molecule has 0 unspecified atom stereocenters. The molecule has 30 heavy (non-hydrogen) atoms. The van der Waals surface area contributed by atoms with Crippen LogP contribution in [0.1, 0.15) is 89.1 Å². The lowest BCUT2D eigenvalue weighted by Crippen LogP contribution is -2.24. The zero-order valence-electron chi connectivity index (χ0n) is 19.1. The fourth-order valence-electron chi connectivity index (χ4n) is 4.04. The number of hydrogen-bond acceptors (Lipinski definition) is 2. The van der Waals surface area contributed by atoms with E-state index in [1.807, 2.05) is 6.08 Å². The van der Waals surface area contributed by atoms with E-state index in [4.69, 9.17) is 0 Å². The smallest absolute Gasteiger partial charge is 0.251 e. The number of halogens is 1. The van der Waals surface area contributed by atoms with Gasteiger partial charge < -0.3 is 10.4 Å². The average Bonchev–Trinajstić information content (AvgIpc) is 2.69. The van der Waals surface area contributed by atoms with Crippen LogP contribution >= 0.6 is 0 Å². The fraction of sp³-hybridized carbons (Fsp3) is 0.500. The Morgan fingerprint density at radius 3 is 2.67 bits per heavy atom. The van der Waals surface area contributed by atoms with Gasteiger partial charge in [0.05, 0.1) is 5.56 Å². The first kappa shape index (κ1) is 23.9. The molecule has 2 rings (SSSR count). The van der Waals surface area contributed by atoms with E-state index in [1.165, 1.54) is 29.7 Å². The predicted octanol–water partition coefficient (Wildman–Crippen LogP) is 7.10. The summed E-state index contributed by atoms with van der Waals surface area (Å²) in [5.41, 5.74) is 3.59. The van der Waals surface area contributed by atoms with Crippen LogP contribution in [0.15, 0.2) is 47.1 Å². The van der Waals surface area contributed by atoms with E-state index < -0.39 is 5.83 Å². The normalized spacial score (nSPS) is 17.3. The minimum absolute atomic E-state index is 0.0872. The topological polar surface area (TPSA) is 49.3 Å². The third-order valence-electron chi connectivity index (χ3n) is 5.95. The Hall–Kier alpha value is -2.36. The van der Waals surface area contributed by atoms with Gasteiger partial charge in [0.25, 0.3) is 5.91 Å². The van der Waals surface area contributed by atoms with Gasteiger partial charge in [0.2, 0.25) is 0 Å². The molecule has 0 aromatic heterocycles. The first-order valence-electron chi connectivity index (χ1n) is 11.0.